The maximum atomic E-state index is 12.4. The van der Waals surface area contributed by atoms with Crippen molar-refractivity contribution in [3.05, 3.63) is 107 Å². The summed E-state index contributed by atoms with van der Waals surface area (Å²) in [6, 6.07) is 24.1. The third-order valence-corrected chi connectivity index (χ3v) is 5.38. The number of rotatable bonds is 7. The number of aromatic nitrogens is 3. The number of Topliss-reactive ketones (excluding diaryl/α,β-unsaturated/α-hetero) is 1. The van der Waals surface area contributed by atoms with Crippen molar-refractivity contribution >= 4 is 33.8 Å². The summed E-state index contributed by atoms with van der Waals surface area (Å²) >= 11 is 3.55. The summed E-state index contributed by atoms with van der Waals surface area (Å²) in [4.78, 5) is 24.3. The van der Waals surface area contributed by atoms with Gasteiger partial charge in [-0.3, -0.25) is 4.79 Å². The van der Waals surface area contributed by atoms with Crippen LogP contribution >= 0.6 is 15.9 Å². The Morgan fingerprint density at radius 3 is 2.41 bits per heavy atom. The molecule has 0 aliphatic heterocycles. The molecule has 0 amide bonds. The number of carbonyl (C=O) groups excluding carboxylic acids is 2. The number of ketones is 1. The highest BCUT2D eigenvalue weighted by molar-refractivity contribution is 9.10. The highest BCUT2D eigenvalue weighted by Crippen LogP contribution is 2.28. The zero-order valence-electron chi connectivity index (χ0n) is 16.9. The molecule has 3 aromatic carbocycles. The van der Waals surface area contributed by atoms with E-state index >= 15 is 0 Å². The molecule has 0 aliphatic rings. The first-order chi connectivity index (χ1) is 15.6. The van der Waals surface area contributed by atoms with Crippen LogP contribution in [0.25, 0.3) is 23.0 Å². The first-order valence-corrected chi connectivity index (χ1v) is 10.6. The molecular weight excluding hydrogens is 470 g/mol. The van der Waals surface area contributed by atoms with Gasteiger partial charge >= 0.3 is 5.97 Å². The molecule has 0 radical (unpaired) electrons. The Morgan fingerprint density at radius 2 is 1.66 bits per heavy atom. The normalized spacial score (nSPS) is 10.9. The number of esters is 1. The van der Waals surface area contributed by atoms with Gasteiger partial charge in [0.15, 0.2) is 12.4 Å². The molecule has 158 valence electrons. The van der Waals surface area contributed by atoms with E-state index in [-0.39, 0.29) is 12.4 Å². The lowest BCUT2D eigenvalue weighted by molar-refractivity contribution is -0.136. The topological polar surface area (TPSA) is 74.1 Å². The van der Waals surface area contributed by atoms with Crippen molar-refractivity contribution < 1.29 is 14.3 Å². The number of halogens is 1. The first-order valence-electron chi connectivity index (χ1n) is 9.81. The fraction of sp³-hybridized carbons (Fsp3) is 0.0400. The van der Waals surface area contributed by atoms with Crippen LogP contribution in [0.5, 0.6) is 0 Å². The Labute approximate surface area is 193 Å². The van der Waals surface area contributed by atoms with Gasteiger partial charge in [0, 0.05) is 21.7 Å². The molecule has 0 fully saturated rings. The van der Waals surface area contributed by atoms with Crippen LogP contribution in [0.15, 0.2) is 95.6 Å². The fourth-order valence-electron chi connectivity index (χ4n) is 3.06. The summed E-state index contributed by atoms with van der Waals surface area (Å²) < 4.78 is 7.69. The van der Waals surface area contributed by atoms with Crippen LogP contribution in [0, 0.1) is 0 Å². The number of hydrogen-bond donors (Lipinski definition) is 0. The maximum Gasteiger partial charge on any atom is 0.331 e. The van der Waals surface area contributed by atoms with Gasteiger partial charge in [-0.05, 0) is 42.0 Å². The third kappa shape index (κ3) is 5.07. The van der Waals surface area contributed by atoms with E-state index in [1.54, 1.807) is 41.2 Å². The van der Waals surface area contributed by atoms with Gasteiger partial charge in [-0.15, -0.1) is 5.10 Å². The molecular formula is C25H18BrN3O3. The van der Waals surface area contributed by atoms with Crippen molar-refractivity contribution in [2.24, 2.45) is 0 Å². The lowest BCUT2D eigenvalue weighted by Crippen LogP contribution is -2.12. The molecule has 1 aromatic heterocycles. The Bertz CT molecular complexity index is 1270. The van der Waals surface area contributed by atoms with Gasteiger partial charge < -0.3 is 4.74 Å². The lowest BCUT2D eigenvalue weighted by Gasteiger charge is -2.09. The van der Waals surface area contributed by atoms with Crippen LogP contribution in [0.1, 0.15) is 15.9 Å². The summed E-state index contributed by atoms with van der Waals surface area (Å²) in [6.45, 7) is -0.331. The molecule has 0 saturated heterocycles. The smallest absolute Gasteiger partial charge is 0.331 e. The number of ether oxygens (including phenoxy) is 1. The van der Waals surface area contributed by atoms with E-state index in [1.165, 1.54) is 6.08 Å². The quantitative estimate of drug-likeness (QED) is 0.205. The van der Waals surface area contributed by atoms with E-state index in [0.29, 0.717) is 5.56 Å². The predicted octanol–water partition coefficient (Wildman–Crippen LogP) is 5.14. The Morgan fingerprint density at radius 1 is 0.938 bits per heavy atom. The van der Waals surface area contributed by atoms with Gasteiger partial charge in [-0.25, -0.2) is 9.48 Å². The molecule has 0 unspecified atom stereocenters. The molecule has 1 heterocycles. The molecule has 0 saturated carbocycles. The number of nitrogens with zero attached hydrogens (tertiary/aromatic N) is 3. The number of benzene rings is 3. The van der Waals surface area contributed by atoms with Gasteiger partial charge in [0.2, 0.25) is 0 Å². The summed E-state index contributed by atoms with van der Waals surface area (Å²) in [5.74, 6) is -0.859. The van der Waals surface area contributed by atoms with E-state index in [2.05, 4.69) is 26.2 Å². The molecule has 0 aliphatic carbocycles. The minimum absolute atomic E-state index is 0.289. The molecule has 4 rings (SSSR count). The average Bonchev–Trinajstić information content (AvgIpc) is 3.32. The highest BCUT2D eigenvalue weighted by atomic mass is 79.9. The zero-order valence-corrected chi connectivity index (χ0v) is 18.5. The van der Waals surface area contributed by atoms with Crippen LogP contribution in [-0.2, 0) is 9.53 Å². The average molecular weight is 488 g/mol. The molecule has 4 aromatic rings. The molecule has 32 heavy (non-hydrogen) atoms. The Balaban J connectivity index is 1.41. The first kappa shape index (κ1) is 21.4. The van der Waals surface area contributed by atoms with Crippen molar-refractivity contribution in [3.8, 4) is 16.9 Å². The summed E-state index contributed by atoms with van der Waals surface area (Å²) in [5.41, 5.74) is 3.84. The van der Waals surface area contributed by atoms with E-state index in [9.17, 15) is 9.59 Å². The van der Waals surface area contributed by atoms with Crippen LogP contribution in [0.2, 0.25) is 0 Å². The van der Waals surface area contributed by atoms with E-state index < -0.39 is 5.97 Å². The van der Waals surface area contributed by atoms with Gasteiger partial charge in [0.1, 0.15) is 0 Å². The van der Waals surface area contributed by atoms with Crippen LogP contribution < -0.4 is 0 Å². The number of hydrogen-bond acceptors (Lipinski definition) is 5. The summed E-state index contributed by atoms with van der Waals surface area (Å²) in [6.07, 6.45) is 4.63. The standard InChI is InChI=1S/C25H18BrN3O3/c26-22-9-5-4-8-21(22)23-16-27-28-29(23)20-13-11-19(12-14-20)24(30)17-32-25(31)15-10-18-6-2-1-3-7-18/h1-16H,17H2. The fourth-order valence-corrected chi connectivity index (χ4v) is 3.55. The lowest BCUT2D eigenvalue weighted by atomic mass is 10.1. The van der Waals surface area contributed by atoms with E-state index in [4.69, 9.17) is 4.74 Å². The van der Waals surface area contributed by atoms with Crippen LogP contribution in [0.4, 0.5) is 0 Å². The second-order valence-corrected chi connectivity index (χ2v) is 7.69. The van der Waals surface area contributed by atoms with Crippen molar-refractivity contribution in [2.45, 2.75) is 0 Å². The van der Waals surface area contributed by atoms with Crippen LogP contribution in [-0.4, -0.2) is 33.4 Å². The molecule has 0 N–H and O–H groups in total. The van der Waals surface area contributed by atoms with Crippen molar-refractivity contribution in [3.63, 3.8) is 0 Å². The van der Waals surface area contributed by atoms with Crippen molar-refractivity contribution in [2.75, 3.05) is 6.61 Å². The highest BCUT2D eigenvalue weighted by Gasteiger charge is 2.13. The van der Waals surface area contributed by atoms with Gasteiger partial charge in [0.25, 0.3) is 0 Å². The second kappa shape index (κ2) is 9.98. The molecule has 0 bridgehead atoms. The summed E-state index contributed by atoms with van der Waals surface area (Å²) in [5, 5.41) is 8.19. The maximum absolute atomic E-state index is 12.4. The predicted molar refractivity (Wildman–Crippen MR) is 125 cm³/mol. The van der Waals surface area contributed by atoms with Crippen LogP contribution in [0.3, 0.4) is 0 Å². The monoisotopic (exact) mass is 487 g/mol. The van der Waals surface area contributed by atoms with Gasteiger partial charge in [0.05, 0.1) is 17.6 Å². The van der Waals surface area contributed by atoms with E-state index in [1.807, 2.05) is 54.6 Å². The SMILES string of the molecule is O=C(C=Cc1ccccc1)OCC(=O)c1ccc(-n2nncc2-c2ccccc2Br)cc1. The van der Waals surface area contributed by atoms with Crippen molar-refractivity contribution in [1.82, 2.24) is 15.0 Å². The number of carbonyl (C=O) groups is 2. The minimum Gasteiger partial charge on any atom is -0.454 e. The molecule has 0 spiro atoms. The molecule has 0 atom stereocenters. The molecule has 7 heteroatoms. The third-order valence-electron chi connectivity index (χ3n) is 4.69. The summed E-state index contributed by atoms with van der Waals surface area (Å²) in [7, 11) is 0. The van der Waals surface area contributed by atoms with Gasteiger partial charge in [-0.2, -0.15) is 0 Å². The van der Waals surface area contributed by atoms with Crippen molar-refractivity contribution in [1.29, 1.82) is 0 Å². The van der Waals surface area contributed by atoms with Gasteiger partial charge in [-0.1, -0.05) is 69.7 Å². The Hall–Kier alpha value is -3.84. The molecule has 6 nitrogen and oxygen atoms in total. The Kier molecular flexibility index (Phi) is 6.67. The minimum atomic E-state index is -0.570. The second-order valence-electron chi connectivity index (χ2n) is 6.83. The van der Waals surface area contributed by atoms with E-state index in [0.717, 1.165) is 27.0 Å². The largest absolute Gasteiger partial charge is 0.454 e. The zero-order chi connectivity index (χ0) is 22.3.